The number of benzene rings is 1. The summed E-state index contributed by atoms with van der Waals surface area (Å²) in [6.45, 7) is 0.182. The van der Waals surface area contributed by atoms with E-state index in [1.54, 1.807) is 18.2 Å². The van der Waals surface area contributed by atoms with Crippen LogP contribution in [0.5, 0.6) is 0 Å². The van der Waals surface area contributed by atoms with Crippen molar-refractivity contribution in [1.29, 1.82) is 0 Å². The fourth-order valence-electron chi connectivity index (χ4n) is 1.61. The number of rotatable bonds is 4. The van der Waals surface area contributed by atoms with Gasteiger partial charge in [0.25, 0.3) is 0 Å². The van der Waals surface area contributed by atoms with Gasteiger partial charge in [-0.2, -0.15) is 0 Å². The molecule has 6 heteroatoms. The Morgan fingerprint density at radius 3 is 2.89 bits per heavy atom. The number of thioether (sulfide) groups is 1. The predicted molar refractivity (Wildman–Crippen MR) is 67.3 cm³/mol. The molecule has 0 spiro atoms. The van der Waals surface area contributed by atoms with Crippen LogP contribution < -0.4 is 5.32 Å². The van der Waals surface area contributed by atoms with Crippen molar-refractivity contribution in [3.8, 4) is 0 Å². The molecule has 2 amide bonds. The Labute approximate surface area is 109 Å². The zero-order chi connectivity index (χ0) is 13.0. The molecule has 0 aliphatic carbocycles. The topological polar surface area (TPSA) is 49.4 Å². The van der Waals surface area contributed by atoms with Crippen molar-refractivity contribution in [2.75, 3.05) is 18.2 Å². The first-order valence-corrected chi connectivity index (χ1v) is 6.68. The quantitative estimate of drug-likeness (QED) is 0.885. The molecule has 1 aliphatic rings. The van der Waals surface area contributed by atoms with E-state index in [-0.39, 0.29) is 30.7 Å². The minimum absolute atomic E-state index is 0.0268. The highest BCUT2D eigenvalue weighted by atomic mass is 32.2. The van der Waals surface area contributed by atoms with Crippen LogP contribution in [0.25, 0.3) is 0 Å². The van der Waals surface area contributed by atoms with Crippen LogP contribution >= 0.6 is 11.8 Å². The SMILES string of the molecule is O=C(CN1CSCC1=O)NCc1ccccc1F. The average molecular weight is 268 g/mol. The van der Waals surface area contributed by atoms with Crippen LogP contribution in [-0.4, -0.2) is 34.9 Å². The summed E-state index contributed by atoms with van der Waals surface area (Å²) in [4.78, 5) is 24.4. The van der Waals surface area contributed by atoms with Gasteiger partial charge >= 0.3 is 0 Å². The molecule has 0 aromatic heterocycles. The number of carbonyl (C=O) groups excluding carboxylic acids is 2. The van der Waals surface area contributed by atoms with E-state index in [4.69, 9.17) is 0 Å². The molecule has 0 unspecified atom stereocenters. The lowest BCUT2D eigenvalue weighted by Crippen LogP contribution is -2.37. The molecule has 1 aromatic rings. The monoisotopic (exact) mass is 268 g/mol. The van der Waals surface area contributed by atoms with E-state index in [1.165, 1.54) is 22.7 Å². The van der Waals surface area contributed by atoms with Crippen LogP contribution in [0, 0.1) is 5.82 Å². The summed E-state index contributed by atoms with van der Waals surface area (Å²) in [5.41, 5.74) is 0.438. The average Bonchev–Trinajstić information content (AvgIpc) is 2.74. The van der Waals surface area contributed by atoms with Gasteiger partial charge in [-0.3, -0.25) is 9.59 Å². The van der Waals surface area contributed by atoms with Gasteiger partial charge in [0.05, 0.1) is 11.6 Å². The van der Waals surface area contributed by atoms with E-state index in [2.05, 4.69) is 5.32 Å². The fourth-order valence-corrected chi connectivity index (χ4v) is 2.51. The van der Waals surface area contributed by atoms with Gasteiger partial charge in [-0.1, -0.05) is 18.2 Å². The standard InChI is InChI=1S/C12H13FN2O2S/c13-10-4-2-1-3-9(10)5-14-11(16)6-15-8-18-7-12(15)17/h1-4H,5-8H2,(H,14,16). The summed E-state index contributed by atoms with van der Waals surface area (Å²) >= 11 is 1.49. The van der Waals surface area contributed by atoms with Crippen LogP contribution in [0.15, 0.2) is 24.3 Å². The van der Waals surface area contributed by atoms with Crippen molar-refractivity contribution in [2.24, 2.45) is 0 Å². The number of amides is 2. The van der Waals surface area contributed by atoms with Crippen LogP contribution in [0.4, 0.5) is 4.39 Å². The molecule has 0 radical (unpaired) electrons. The molecule has 0 atom stereocenters. The summed E-state index contributed by atoms with van der Waals surface area (Å²) in [6, 6.07) is 6.28. The Balaban J connectivity index is 1.82. The molecule has 1 heterocycles. The zero-order valence-electron chi connectivity index (χ0n) is 9.69. The Morgan fingerprint density at radius 2 is 2.22 bits per heavy atom. The van der Waals surface area contributed by atoms with Gasteiger partial charge in [-0.15, -0.1) is 11.8 Å². The van der Waals surface area contributed by atoms with Gasteiger partial charge < -0.3 is 10.2 Å². The van der Waals surface area contributed by atoms with E-state index in [1.807, 2.05) is 0 Å². The maximum atomic E-state index is 13.3. The second-order valence-corrected chi connectivity index (χ2v) is 4.89. The molecule has 1 aromatic carbocycles. The summed E-state index contributed by atoms with van der Waals surface area (Å²) in [5, 5.41) is 2.61. The van der Waals surface area contributed by atoms with Gasteiger partial charge in [-0.05, 0) is 6.07 Å². The van der Waals surface area contributed by atoms with Gasteiger partial charge in [0, 0.05) is 12.1 Å². The zero-order valence-corrected chi connectivity index (χ0v) is 10.5. The van der Waals surface area contributed by atoms with Gasteiger partial charge in [0.15, 0.2) is 0 Å². The Hall–Kier alpha value is -1.56. The van der Waals surface area contributed by atoms with E-state index < -0.39 is 0 Å². The first kappa shape index (κ1) is 12.9. The maximum Gasteiger partial charge on any atom is 0.239 e. The Bertz CT molecular complexity index is 467. The van der Waals surface area contributed by atoms with E-state index in [9.17, 15) is 14.0 Å². The van der Waals surface area contributed by atoms with Crippen molar-refractivity contribution >= 4 is 23.6 Å². The third-order valence-corrected chi connectivity index (χ3v) is 3.54. The van der Waals surface area contributed by atoms with Crippen molar-refractivity contribution in [3.05, 3.63) is 35.6 Å². The molecule has 0 saturated carbocycles. The molecular weight excluding hydrogens is 255 g/mol. The molecule has 1 aliphatic heterocycles. The van der Waals surface area contributed by atoms with E-state index in [0.717, 1.165) is 0 Å². The minimum Gasteiger partial charge on any atom is -0.350 e. The van der Waals surface area contributed by atoms with E-state index in [0.29, 0.717) is 17.2 Å². The second-order valence-electron chi connectivity index (χ2n) is 3.94. The molecule has 96 valence electrons. The highest BCUT2D eigenvalue weighted by molar-refractivity contribution is 8.00. The maximum absolute atomic E-state index is 13.3. The minimum atomic E-state index is -0.342. The second kappa shape index (κ2) is 5.86. The van der Waals surface area contributed by atoms with Crippen molar-refractivity contribution in [3.63, 3.8) is 0 Å². The number of nitrogens with zero attached hydrogens (tertiary/aromatic N) is 1. The molecule has 0 bridgehead atoms. The molecule has 1 saturated heterocycles. The first-order valence-electron chi connectivity index (χ1n) is 5.52. The lowest BCUT2D eigenvalue weighted by atomic mass is 10.2. The number of halogens is 1. The Kier molecular flexibility index (Phi) is 4.19. The van der Waals surface area contributed by atoms with Gasteiger partial charge in [0.2, 0.25) is 11.8 Å². The normalized spacial score (nSPS) is 14.9. The summed E-state index contributed by atoms with van der Waals surface area (Å²) in [6.07, 6.45) is 0. The first-order chi connectivity index (χ1) is 8.66. The molecule has 18 heavy (non-hydrogen) atoms. The Morgan fingerprint density at radius 1 is 1.44 bits per heavy atom. The van der Waals surface area contributed by atoms with Crippen LogP contribution in [0.2, 0.25) is 0 Å². The third-order valence-electron chi connectivity index (χ3n) is 2.59. The molecule has 1 N–H and O–H groups in total. The largest absolute Gasteiger partial charge is 0.350 e. The van der Waals surface area contributed by atoms with Crippen molar-refractivity contribution in [2.45, 2.75) is 6.54 Å². The third kappa shape index (κ3) is 3.22. The smallest absolute Gasteiger partial charge is 0.239 e. The van der Waals surface area contributed by atoms with Crippen LogP contribution in [-0.2, 0) is 16.1 Å². The fraction of sp³-hybridized carbons (Fsp3) is 0.333. The number of hydrogen-bond donors (Lipinski definition) is 1. The highest BCUT2D eigenvalue weighted by Crippen LogP contribution is 2.14. The summed E-state index contributed by atoms with van der Waals surface area (Å²) in [7, 11) is 0. The summed E-state index contributed by atoms with van der Waals surface area (Å²) < 4.78 is 13.3. The lowest BCUT2D eigenvalue weighted by molar-refractivity contribution is -0.132. The van der Waals surface area contributed by atoms with Crippen LogP contribution in [0.3, 0.4) is 0 Å². The number of hydrogen-bond acceptors (Lipinski definition) is 3. The highest BCUT2D eigenvalue weighted by Gasteiger charge is 2.22. The van der Waals surface area contributed by atoms with Crippen molar-refractivity contribution < 1.29 is 14.0 Å². The van der Waals surface area contributed by atoms with Crippen LogP contribution in [0.1, 0.15) is 5.56 Å². The molecule has 4 nitrogen and oxygen atoms in total. The predicted octanol–water partition coefficient (Wildman–Crippen LogP) is 0.975. The lowest BCUT2D eigenvalue weighted by Gasteiger charge is -2.14. The van der Waals surface area contributed by atoms with Gasteiger partial charge in [0.1, 0.15) is 12.4 Å². The van der Waals surface area contributed by atoms with Gasteiger partial charge in [-0.25, -0.2) is 4.39 Å². The molecule has 2 rings (SSSR count). The van der Waals surface area contributed by atoms with E-state index >= 15 is 0 Å². The molecular formula is C12H13FN2O2S. The number of nitrogens with one attached hydrogen (secondary N) is 1. The summed E-state index contributed by atoms with van der Waals surface area (Å²) in [5.74, 6) is 0.341. The molecule has 1 fully saturated rings. The van der Waals surface area contributed by atoms with Crippen molar-refractivity contribution in [1.82, 2.24) is 10.2 Å². The number of carbonyl (C=O) groups is 2.